The van der Waals surface area contributed by atoms with Crippen molar-refractivity contribution in [3.8, 4) is 0 Å². The van der Waals surface area contributed by atoms with E-state index in [0.717, 1.165) is 31.6 Å². The molecular weight excluding hydrogens is 193 g/mol. The van der Waals surface area contributed by atoms with Crippen molar-refractivity contribution in [2.24, 2.45) is 0 Å². The van der Waals surface area contributed by atoms with Crippen molar-refractivity contribution >= 4 is 0 Å². The molecule has 1 N–H and O–H groups in total. The Hall–Kier alpha value is -0.930. The van der Waals surface area contributed by atoms with Crippen LogP contribution < -0.4 is 5.32 Å². The molecule has 0 aliphatic carbocycles. The van der Waals surface area contributed by atoms with Crippen LogP contribution in [0, 0.1) is 5.82 Å². The lowest BCUT2D eigenvalue weighted by Crippen LogP contribution is -2.48. The van der Waals surface area contributed by atoms with Gasteiger partial charge in [0.1, 0.15) is 5.82 Å². The second kappa shape index (κ2) is 3.58. The molecule has 1 aromatic carbocycles. The van der Waals surface area contributed by atoms with E-state index < -0.39 is 0 Å². The second-order valence-corrected chi connectivity index (χ2v) is 4.23. The highest BCUT2D eigenvalue weighted by atomic mass is 19.1. The van der Waals surface area contributed by atoms with Gasteiger partial charge in [-0.25, -0.2) is 4.39 Å². The summed E-state index contributed by atoms with van der Waals surface area (Å²) in [5.41, 5.74) is 2.28. The molecule has 15 heavy (non-hydrogen) atoms. The summed E-state index contributed by atoms with van der Waals surface area (Å²) in [6.07, 6.45) is 2.08. The quantitative estimate of drug-likeness (QED) is 0.758. The Morgan fingerprint density at radius 2 is 2.27 bits per heavy atom. The monoisotopic (exact) mass is 207 g/mol. The van der Waals surface area contributed by atoms with Crippen molar-refractivity contribution in [2.45, 2.75) is 25.0 Å². The number of hydrogen-bond acceptors (Lipinski definition) is 2. The predicted octanol–water partition coefficient (Wildman–Crippen LogP) is 1.80. The van der Waals surface area contributed by atoms with Crippen LogP contribution in [0.5, 0.6) is 0 Å². The topological polar surface area (TPSA) is 21.3 Å². The molecule has 80 valence electrons. The van der Waals surface area contributed by atoms with Gasteiger partial charge < -0.3 is 10.1 Å². The molecule has 2 atom stereocenters. The van der Waals surface area contributed by atoms with Crippen molar-refractivity contribution in [3.05, 3.63) is 35.1 Å². The zero-order chi connectivity index (χ0) is 10.3. The zero-order valence-electron chi connectivity index (χ0n) is 8.50. The minimum atomic E-state index is -0.163. The molecule has 2 heterocycles. The molecule has 2 aliphatic rings. The molecule has 2 unspecified atom stereocenters. The standard InChI is InChI=1S/C12H14FNO/c13-9-2-1-8-4-6-15-12(10(8)7-9)11-3-5-14-11/h1-2,7,11-12,14H,3-6H2. The smallest absolute Gasteiger partial charge is 0.123 e. The van der Waals surface area contributed by atoms with E-state index in [1.54, 1.807) is 6.07 Å². The maximum atomic E-state index is 13.2. The average Bonchev–Trinajstić information content (AvgIpc) is 2.16. The Morgan fingerprint density at radius 1 is 1.40 bits per heavy atom. The highest BCUT2D eigenvalue weighted by molar-refractivity contribution is 5.33. The number of fused-ring (bicyclic) bond motifs is 1. The minimum Gasteiger partial charge on any atom is -0.372 e. The predicted molar refractivity (Wildman–Crippen MR) is 55.2 cm³/mol. The van der Waals surface area contributed by atoms with Crippen LogP contribution in [0.4, 0.5) is 4.39 Å². The summed E-state index contributed by atoms with van der Waals surface area (Å²) in [7, 11) is 0. The van der Waals surface area contributed by atoms with Gasteiger partial charge in [0.05, 0.1) is 12.7 Å². The summed E-state index contributed by atoms with van der Waals surface area (Å²) in [5, 5.41) is 3.33. The van der Waals surface area contributed by atoms with Crippen molar-refractivity contribution in [2.75, 3.05) is 13.2 Å². The van der Waals surface area contributed by atoms with Gasteiger partial charge in [-0.3, -0.25) is 0 Å². The number of benzene rings is 1. The van der Waals surface area contributed by atoms with Crippen LogP contribution in [0.1, 0.15) is 23.7 Å². The molecule has 0 aromatic heterocycles. The van der Waals surface area contributed by atoms with Crippen molar-refractivity contribution in [3.63, 3.8) is 0 Å². The summed E-state index contributed by atoms with van der Waals surface area (Å²) in [6.45, 7) is 1.80. The van der Waals surface area contributed by atoms with Crippen LogP contribution in [0.3, 0.4) is 0 Å². The molecule has 0 bridgehead atoms. The fourth-order valence-electron chi connectivity index (χ4n) is 2.35. The van der Waals surface area contributed by atoms with E-state index in [1.807, 2.05) is 6.07 Å². The first-order valence-electron chi connectivity index (χ1n) is 5.48. The van der Waals surface area contributed by atoms with E-state index in [2.05, 4.69) is 5.32 Å². The minimum absolute atomic E-state index is 0.0539. The first-order valence-corrected chi connectivity index (χ1v) is 5.48. The Balaban J connectivity index is 1.96. The highest BCUT2D eigenvalue weighted by Crippen LogP contribution is 2.33. The van der Waals surface area contributed by atoms with Crippen LogP contribution >= 0.6 is 0 Å². The second-order valence-electron chi connectivity index (χ2n) is 4.23. The zero-order valence-corrected chi connectivity index (χ0v) is 8.50. The van der Waals surface area contributed by atoms with Gasteiger partial charge in [-0.2, -0.15) is 0 Å². The molecule has 0 spiro atoms. The fourth-order valence-corrected chi connectivity index (χ4v) is 2.35. The van der Waals surface area contributed by atoms with E-state index >= 15 is 0 Å². The van der Waals surface area contributed by atoms with Gasteiger partial charge in [0.25, 0.3) is 0 Å². The van der Waals surface area contributed by atoms with Gasteiger partial charge in [0, 0.05) is 6.04 Å². The van der Waals surface area contributed by atoms with E-state index in [0.29, 0.717) is 6.04 Å². The number of rotatable bonds is 1. The van der Waals surface area contributed by atoms with Crippen molar-refractivity contribution in [1.82, 2.24) is 5.32 Å². The van der Waals surface area contributed by atoms with Gasteiger partial charge in [-0.1, -0.05) is 6.07 Å². The van der Waals surface area contributed by atoms with Gasteiger partial charge in [-0.15, -0.1) is 0 Å². The van der Waals surface area contributed by atoms with E-state index in [-0.39, 0.29) is 11.9 Å². The third-order valence-corrected chi connectivity index (χ3v) is 3.31. The number of nitrogens with one attached hydrogen (secondary N) is 1. The Labute approximate surface area is 88.4 Å². The first kappa shape index (κ1) is 9.31. The Bertz CT molecular complexity index is 376. The van der Waals surface area contributed by atoms with E-state index in [1.165, 1.54) is 11.6 Å². The summed E-state index contributed by atoms with van der Waals surface area (Å²) in [6, 6.07) is 5.43. The molecule has 1 aromatic rings. The van der Waals surface area contributed by atoms with Crippen LogP contribution in [0.2, 0.25) is 0 Å². The lowest BCUT2D eigenvalue weighted by Gasteiger charge is -2.38. The van der Waals surface area contributed by atoms with Gasteiger partial charge in [0.2, 0.25) is 0 Å². The average molecular weight is 207 g/mol. The van der Waals surface area contributed by atoms with Gasteiger partial charge in [-0.05, 0) is 42.6 Å². The molecule has 0 saturated carbocycles. The van der Waals surface area contributed by atoms with Crippen LogP contribution in [0.15, 0.2) is 18.2 Å². The highest BCUT2D eigenvalue weighted by Gasteiger charge is 2.32. The first-order chi connectivity index (χ1) is 7.34. The number of hydrogen-bond donors (Lipinski definition) is 1. The van der Waals surface area contributed by atoms with E-state index in [4.69, 9.17) is 4.74 Å². The molecule has 2 nitrogen and oxygen atoms in total. The summed E-state index contributed by atoms with van der Waals surface area (Å²) in [5.74, 6) is -0.163. The fraction of sp³-hybridized carbons (Fsp3) is 0.500. The lowest BCUT2D eigenvalue weighted by molar-refractivity contribution is -0.00171. The van der Waals surface area contributed by atoms with E-state index in [9.17, 15) is 4.39 Å². The largest absolute Gasteiger partial charge is 0.372 e. The van der Waals surface area contributed by atoms with Crippen molar-refractivity contribution < 1.29 is 9.13 Å². The molecule has 3 rings (SSSR count). The van der Waals surface area contributed by atoms with Gasteiger partial charge >= 0.3 is 0 Å². The summed E-state index contributed by atoms with van der Waals surface area (Å²) in [4.78, 5) is 0. The van der Waals surface area contributed by atoms with Crippen LogP contribution in [-0.4, -0.2) is 19.2 Å². The SMILES string of the molecule is Fc1ccc2c(c1)C(C1CCN1)OCC2. The van der Waals surface area contributed by atoms with Gasteiger partial charge in [0.15, 0.2) is 0 Å². The molecule has 0 radical (unpaired) electrons. The Kier molecular flexibility index (Phi) is 2.22. The third kappa shape index (κ3) is 1.56. The molecule has 3 heteroatoms. The number of ether oxygens (including phenoxy) is 1. The maximum absolute atomic E-state index is 13.2. The lowest BCUT2D eigenvalue weighted by atomic mass is 9.89. The summed E-state index contributed by atoms with van der Waals surface area (Å²) >= 11 is 0. The molecule has 0 amide bonds. The van der Waals surface area contributed by atoms with Crippen molar-refractivity contribution in [1.29, 1.82) is 0 Å². The Morgan fingerprint density at radius 3 is 3.00 bits per heavy atom. The molecule has 2 aliphatic heterocycles. The maximum Gasteiger partial charge on any atom is 0.123 e. The third-order valence-electron chi connectivity index (χ3n) is 3.31. The molecular formula is C12H14FNO. The van der Waals surface area contributed by atoms with Crippen LogP contribution in [0.25, 0.3) is 0 Å². The normalized spacial score (nSPS) is 29.4. The van der Waals surface area contributed by atoms with Crippen LogP contribution in [-0.2, 0) is 11.2 Å². The number of halogens is 1. The molecule has 1 fully saturated rings. The summed E-state index contributed by atoms with van der Waals surface area (Å²) < 4.78 is 18.9. The molecule has 1 saturated heterocycles.